The zero-order chi connectivity index (χ0) is 21.8. The van der Waals surface area contributed by atoms with Crippen molar-refractivity contribution in [3.05, 3.63) is 87.4 Å². The minimum atomic E-state index is 0.552. The lowest BCUT2D eigenvalue weighted by atomic mass is 10.2. The molecule has 1 aromatic heterocycles. The smallest absolute Gasteiger partial charge is 0.196 e. The van der Waals surface area contributed by atoms with Gasteiger partial charge < -0.3 is 4.74 Å². The first kappa shape index (κ1) is 22.0. The van der Waals surface area contributed by atoms with Crippen LogP contribution in [0.3, 0.4) is 0 Å². The molecule has 0 aliphatic rings. The van der Waals surface area contributed by atoms with E-state index in [9.17, 15) is 0 Å². The van der Waals surface area contributed by atoms with Gasteiger partial charge >= 0.3 is 0 Å². The Balaban J connectivity index is 1.76. The highest BCUT2D eigenvalue weighted by molar-refractivity contribution is 7.98. The van der Waals surface area contributed by atoms with E-state index in [1.807, 2.05) is 78.2 Å². The van der Waals surface area contributed by atoms with Crippen LogP contribution in [-0.2, 0) is 5.75 Å². The molecule has 0 bridgehead atoms. The van der Waals surface area contributed by atoms with Gasteiger partial charge in [0.25, 0.3) is 0 Å². The van der Waals surface area contributed by atoms with Crippen molar-refractivity contribution in [2.45, 2.75) is 17.8 Å². The number of nitrogens with zero attached hydrogens (tertiary/aromatic N) is 3. The third-order valence-corrected chi connectivity index (χ3v) is 6.55. The van der Waals surface area contributed by atoms with Gasteiger partial charge in [0.15, 0.2) is 11.0 Å². The third-order valence-electron chi connectivity index (χ3n) is 4.56. The molecule has 4 aromatic rings. The highest BCUT2D eigenvalue weighted by Gasteiger charge is 2.19. The van der Waals surface area contributed by atoms with E-state index < -0.39 is 0 Å². The number of ether oxygens (including phenoxy) is 1. The van der Waals surface area contributed by atoms with E-state index in [4.69, 9.17) is 39.5 Å². The zero-order valence-electron chi connectivity index (χ0n) is 16.6. The van der Waals surface area contributed by atoms with Gasteiger partial charge in [0.2, 0.25) is 0 Å². The molecule has 158 valence electrons. The zero-order valence-corrected chi connectivity index (χ0v) is 19.6. The maximum Gasteiger partial charge on any atom is 0.196 e. The second-order valence-corrected chi connectivity index (χ2v) is 8.70. The average Bonchev–Trinajstić information content (AvgIpc) is 3.18. The molecule has 0 amide bonds. The molecule has 3 aromatic carbocycles. The van der Waals surface area contributed by atoms with Crippen LogP contribution in [-0.4, -0.2) is 21.4 Å². The number of aromatic nitrogens is 3. The van der Waals surface area contributed by atoms with Crippen molar-refractivity contribution >= 4 is 46.6 Å². The van der Waals surface area contributed by atoms with Gasteiger partial charge in [-0.05, 0) is 61.0 Å². The largest absolute Gasteiger partial charge is 0.494 e. The lowest BCUT2D eigenvalue weighted by Gasteiger charge is -2.13. The van der Waals surface area contributed by atoms with Crippen LogP contribution in [0.25, 0.3) is 17.1 Å². The third kappa shape index (κ3) is 4.85. The quantitative estimate of drug-likeness (QED) is 0.250. The number of hydrogen-bond donors (Lipinski definition) is 0. The maximum absolute atomic E-state index is 6.47. The summed E-state index contributed by atoms with van der Waals surface area (Å²) in [5, 5.41) is 11.4. The Kier molecular flexibility index (Phi) is 7.08. The maximum atomic E-state index is 6.47. The normalized spacial score (nSPS) is 11.0. The number of benzene rings is 3. The van der Waals surface area contributed by atoms with E-state index >= 15 is 0 Å². The van der Waals surface area contributed by atoms with Gasteiger partial charge in [0, 0.05) is 27.0 Å². The highest BCUT2D eigenvalue weighted by Crippen LogP contribution is 2.35. The molecule has 31 heavy (non-hydrogen) atoms. The fourth-order valence-electron chi connectivity index (χ4n) is 3.08. The minimum absolute atomic E-state index is 0.552. The molecule has 0 unspecified atom stereocenters. The lowest BCUT2D eigenvalue weighted by molar-refractivity contribution is 0.340. The Morgan fingerprint density at radius 1 is 0.839 bits per heavy atom. The summed E-state index contributed by atoms with van der Waals surface area (Å²) >= 11 is 20.7. The summed E-state index contributed by atoms with van der Waals surface area (Å²) < 4.78 is 7.56. The number of halogens is 3. The van der Waals surface area contributed by atoms with E-state index in [1.54, 1.807) is 0 Å². The molecule has 0 saturated carbocycles. The van der Waals surface area contributed by atoms with Crippen molar-refractivity contribution in [1.82, 2.24) is 14.8 Å². The van der Waals surface area contributed by atoms with Crippen LogP contribution in [0.15, 0.2) is 71.9 Å². The first-order chi connectivity index (χ1) is 15.1. The van der Waals surface area contributed by atoms with Crippen LogP contribution in [0, 0.1) is 0 Å². The van der Waals surface area contributed by atoms with Crippen LogP contribution in [0.1, 0.15) is 12.5 Å². The van der Waals surface area contributed by atoms with Crippen LogP contribution < -0.4 is 4.74 Å². The Morgan fingerprint density at radius 2 is 1.52 bits per heavy atom. The fraction of sp³-hybridized carbons (Fsp3) is 0.130. The summed E-state index contributed by atoms with van der Waals surface area (Å²) in [6.07, 6.45) is 0. The molecule has 8 heteroatoms. The summed E-state index contributed by atoms with van der Waals surface area (Å²) in [5.74, 6) is 2.01. The van der Waals surface area contributed by atoms with Gasteiger partial charge in [-0.1, -0.05) is 64.8 Å². The molecular weight excluding hydrogens is 473 g/mol. The van der Waals surface area contributed by atoms with E-state index in [0.29, 0.717) is 38.4 Å². The molecule has 0 aliphatic heterocycles. The highest BCUT2D eigenvalue weighted by atomic mass is 35.5. The first-order valence-corrected chi connectivity index (χ1v) is 11.7. The lowest BCUT2D eigenvalue weighted by Crippen LogP contribution is -2.01. The van der Waals surface area contributed by atoms with Gasteiger partial charge in [-0.2, -0.15) is 0 Å². The molecule has 0 atom stereocenters. The summed E-state index contributed by atoms with van der Waals surface area (Å²) in [6, 6.07) is 20.9. The molecule has 0 N–H and O–H groups in total. The van der Waals surface area contributed by atoms with E-state index in [-0.39, 0.29) is 0 Å². The SMILES string of the molecule is CCOc1ccc(-n2c(SCc3c(Cl)cccc3Cl)nnc2-c2ccccc2Cl)cc1. The number of thioether (sulfide) groups is 1. The van der Waals surface area contributed by atoms with Crippen molar-refractivity contribution in [3.8, 4) is 22.8 Å². The molecule has 0 radical (unpaired) electrons. The Hall–Kier alpha value is -2.18. The van der Waals surface area contributed by atoms with Gasteiger partial charge in [0.1, 0.15) is 5.75 Å². The number of rotatable bonds is 7. The van der Waals surface area contributed by atoms with Crippen LogP contribution in [0.2, 0.25) is 15.1 Å². The molecule has 4 nitrogen and oxygen atoms in total. The first-order valence-electron chi connectivity index (χ1n) is 9.57. The Bertz CT molecular complexity index is 1170. The van der Waals surface area contributed by atoms with Crippen LogP contribution >= 0.6 is 46.6 Å². The Morgan fingerprint density at radius 3 is 2.19 bits per heavy atom. The topological polar surface area (TPSA) is 39.9 Å². The monoisotopic (exact) mass is 489 g/mol. The van der Waals surface area contributed by atoms with Crippen molar-refractivity contribution in [2.24, 2.45) is 0 Å². The Labute approximate surface area is 200 Å². The molecule has 0 fully saturated rings. The molecule has 0 aliphatic carbocycles. The van der Waals surface area contributed by atoms with Crippen molar-refractivity contribution in [1.29, 1.82) is 0 Å². The molecule has 1 heterocycles. The number of hydrogen-bond acceptors (Lipinski definition) is 4. The van der Waals surface area contributed by atoms with E-state index in [2.05, 4.69) is 10.2 Å². The van der Waals surface area contributed by atoms with Crippen LogP contribution in [0.4, 0.5) is 0 Å². The van der Waals surface area contributed by atoms with Crippen molar-refractivity contribution in [2.75, 3.05) is 6.61 Å². The van der Waals surface area contributed by atoms with Crippen LogP contribution in [0.5, 0.6) is 5.75 Å². The second kappa shape index (κ2) is 9.96. The van der Waals surface area contributed by atoms with Gasteiger partial charge in [-0.15, -0.1) is 10.2 Å². The van der Waals surface area contributed by atoms with E-state index in [0.717, 1.165) is 22.6 Å². The van der Waals surface area contributed by atoms with Gasteiger partial charge in [0.05, 0.1) is 11.6 Å². The molecule has 0 saturated heterocycles. The predicted octanol–water partition coefficient (Wildman–Crippen LogP) is 7.59. The molecule has 4 rings (SSSR count). The van der Waals surface area contributed by atoms with Gasteiger partial charge in [-0.3, -0.25) is 4.57 Å². The van der Waals surface area contributed by atoms with Crippen molar-refractivity contribution in [3.63, 3.8) is 0 Å². The van der Waals surface area contributed by atoms with Crippen molar-refractivity contribution < 1.29 is 4.74 Å². The molecule has 0 spiro atoms. The predicted molar refractivity (Wildman–Crippen MR) is 129 cm³/mol. The average molecular weight is 491 g/mol. The summed E-state index contributed by atoms with van der Waals surface area (Å²) in [5.41, 5.74) is 2.56. The summed E-state index contributed by atoms with van der Waals surface area (Å²) in [7, 11) is 0. The van der Waals surface area contributed by atoms with E-state index in [1.165, 1.54) is 11.8 Å². The van der Waals surface area contributed by atoms with Gasteiger partial charge in [-0.25, -0.2) is 0 Å². The summed E-state index contributed by atoms with van der Waals surface area (Å²) in [4.78, 5) is 0. The fourth-order valence-corrected chi connectivity index (χ4v) is 4.99. The second-order valence-electron chi connectivity index (χ2n) is 6.54. The molecular formula is C23H18Cl3N3OS. The minimum Gasteiger partial charge on any atom is -0.494 e. The summed E-state index contributed by atoms with van der Waals surface area (Å²) in [6.45, 7) is 2.56. The standard InChI is InChI=1S/C23H18Cl3N3OS/c1-2-30-16-12-10-15(11-13-16)29-22(17-6-3-4-7-19(17)24)27-28-23(29)31-14-18-20(25)8-5-9-21(18)26/h3-13H,2,14H2,1H3.